The molecule has 1 amide bonds. The molecule has 0 fully saturated rings. The van der Waals surface area contributed by atoms with E-state index in [1.807, 2.05) is 6.92 Å². The molecule has 0 bridgehead atoms. The van der Waals surface area contributed by atoms with Crippen molar-refractivity contribution in [2.45, 2.75) is 24.8 Å². The monoisotopic (exact) mass is 375 g/mol. The molecule has 2 aromatic carbocycles. The van der Waals surface area contributed by atoms with Gasteiger partial charge in [-0.15, -0.1) is 0 Å². The molecule has 2 aromatic rings. The van der Waals surface area contributed by atoms with Gasteiger partial charge in [0.2, 0.25) is 0 Å². The molecular formula is C17H17N3O5S. The third-order valence-corrected chi connectivity index (χ3v) is 5.88. The maximum absolute atomic E-state index is 13.0. The molecule has 1 atom stereocenters. The van der Waals surface area contributed by atoms with Crippen LogP contribution in [0.1, 0.15) is 22.8 Å². The molecule has 0 aromatic heterocycles. The third-order valence-electron chi connectivity index (χ3n) is 4.12. The van der Waals surface area contributed by atoms with Crippen LogP contribution in [0.4, 0.5) is 11.4 Å². The fraction of sp³-hybridized carbons (Fsp3) is 0.235. The van der Waals surface area contributed by atoms with Crippen LogP contribution in [0, 0.1) is 17.0 Å². The molecule has 1 heterocycles. The number of benzene rings is 2. The summed E-state index contributed by atoms with van der Waals surface area (Å²) in [6, 6.07) is 9.61. The Bertz CT molecular complexity index is 986. The van der Waals surface area contributed by atoms with Gasteiger partial charge in [0.1, 0.15) is 0 Å². The number of nitrogens with zero attached hydrogens (tertiary/aromatic N) is 2. The zero-order valence-corrected chi connectivity index (χ0v) is 15.0. The van der Waals surface area contributed by atoms with Crippen molar-refractivity contribution in [1.29, 1.82) is 0 Å². The predicted molar refractivity (Wildman–Crippen MR) is 95.6 cm³/mol. The molecule has 0 aliphatic carbocycles. The highest BCUT2D eigenvalue weighted by atomic mass is 32.2. The van der Waals surface area contributed by atoms with Crippen LogP contribution >= 0.6 is 0 Å². The van der Waals surface area contributed by atoms with Crippen LogP contribution in [0.5, 0.6) is 0 Å². The highest BCUT2D eigenvalue weighted by Crippen LogP contribution is 2.29. The van der Waals surface area contributed by atoms with Crippen LogP contribution in [0.2, 0.25) is 0 Å². The van der Waals surface area contributed by atoms with Gasteiger partial charge in [-0.3, -0.25) is 14.9 Å². The number of fused-ring (bicyclic) bond motifs is 1. The Labute approximate surface area is 150 Å². The van der Waals surface area contributed by atoms with Crippen molar-refractivity contribution in [2.24, 2.45) is 0 Å². The fourth-order valence-electron chi connectivity index (χ4n) is 2.77. The van der Waals surface area contributed by atoms with Crippen molar-refractivity contribution in [3.05, 3.63) is 63.7 Å². The van der Waals surface area contributed by atoms with Gasteiger partial charge < -0.3 is 5.32 Å². The molecule has 9 heteroatoms. The minimum absolute atomic E-state index is 0.00229. The number of rotatable bonds is 3. The molecule has 0 saturated carbocycles. The molecule has 1 unspecified atom stereocenters. The van der Waals surface area contributed by atoms with Crippen LogP contribution < -0.4 is 5.32 Å². The van der Waals surface area contributed by atoms with E-state index in [9.17, 15) is 23.3 Å². The largest absolute Gasteiger partial charge is 0.380 e. The minimum atomic E-state index is -4.09. The molecule has 0 radical (unpaired) electrons. The Balaban J connectivity index is 2.11. The summed E-state index contributed by atoms with van der Waals surface area (Å²) in [4.78, 5) is 23.3. The molecule has 8 nitrogen and oxygen atoms in total. The Hall–Kier alpha value is -2.94. The van der Waals surface area contributed by atoms with E-state index in [4.69, 9.17) is 0 Å². The van der Waals surface area contributed by atoms with E-state index >= 15 is 0 Å². The van der Waals surface area contributed by atoms with Crippen molar-refractivity contribution in [2.75, 3.05) is 11.9 Å². The van der Waals surface area contributed by atoms with Crippen molar-refractivity contribution >= 4 is 27.3 Å². The van der Waals surface area contributed by atoms with Gasteiger partial charge in [0.05, 0.1) is 21.9 Å². The highest BCUT2D eigenvalue weighted by Gasteiger charge is 2.35. The van der Waals surface area contributed by atoms with Crippen LogP contribution in [0.15, 0.2) is 47.4 Å². The topological polar surface area (TPSA) is 110 Å². The molecule has 0 saturated heterocycles. The predicted octanol–water partition coefficient (Wildman–Crippen LogP) is 2.55. The number of nitro benzene ring substituents is 1. The molecule has 1 aliphatic rings. The van der Waals surface area contributed by atoms with Gasteiger partial charge in [-0.1, -0.05) is 17.7 Å². The van der Waals surface area contributed by atoms with E-state index < -0.39 is 20.9 Å². The van der Waals surface area contributed by atoms with E-state index in [2.05, 4.69) is 5.32 Å². The van der Waals surface area contributed by atoms with Crippen LogP contribution in [0.25, 0.3) is 0 Å². The molecule has 1 N–H and O–H groups in total. The Morgan fingerprint density at radius 3 is 2.46 bits per heavy atom. The number of hydrogen-bond donors (Lipinski definition) is 1. The number of nitrogens with one attached hydrogen (secondary N) is 1. The van der Waals surface area contributed by atoms with Gasteiger partial charge in [0, 0.05) is 23.9 Å². The number of sulfonamides is 1. The molecular weight excluding hydrogens is 358 g/mol. The highest BCUT2D eigenvalue weighted by molar-refractivity contribution is 7.89. The number of carbonyl (C=O) groups is 1. The number of carbonyl (C=O) groups excluding carboxylic acids is 1. The fourth-order valence-corrected chi connectivity index (χ4v) is 4.24. The number of amides is 1. The van der Waals surface area contributed by atoms with E-state index in [1.165, 1.54) is 24.3 Å². The number of anilines is 1. The van der Waals surface area contributed by atoms with E-state index in [1.54, 1.807) is 19.1 Å². The minimum Gasteiger partial charge on any atom is -0.380 e. The first-order chi connectivity index (χ1) is 12.2. The second-order valence-corrected chi connectivity index (χ2v) is 8.05. The SMILES string of the molecule is Cc1ccc(S(=O)(=O)N2CC(C)Nc3ccc([N+](=O)[O-])cc3C2=O)cc1. The quantitative estimate of drug-likeness (QED) is 0.652. The average Bonchev–Trinajstić information content (AvgIpc) is 2.71. The van der Waals surface area contributed by atoms with Crippen molar-refractivity contribution in [1.82, 2.24) is 4.31 Å². The van der Waals surface area contributed by atoms with Gasteiger partial charge in [-0.25, -0.2) is 12.7 Å². The van der Waals surface area contributed by atoms with E-state index in [0.717, 1.165) is 15.9 Å². The Morgan fingerprint density at radius 1 is 1.19 bits per heavy atom. The number of non-ortho nitro benzene ring substituents is 1. The van der Waals surface area contributed by atoms with Gasteiger partial charge in [0.15, 0.2) is 0 Å². The summed E-state index contributed by atoms with van der Waals surface area (Å²) in [5.41, 5.74) is 0.942. The van der Waals surface area contributed by atoms with E-state index in [0.29, 0.717) is 5.69 Å². The summed E-state index contributed by atoms with van der Waals surface area (Å²) in [6.07, 6.45) is 0. The standard InChI is InChI=1S/C17H17N3O5S/c1-11-3-6-14(7-4-11)26(24,25)19-10-12(2)18-16-8-5-13(20(22)23)9-15(16)17(19)21/h3-9,12,18H,10H2,1-2H3. The maximum Gasteiger partial charge on any atom is 0.270 e. The summed E-state index contributed by atoms with van der Waals surface area (Å²) in [7, 11) is -4.09. The molecule has 26 heavy (non-hydrogen) atoms. The van der Waals surface area contributed by atoms with Crippen LogP contribution in [0.3, 0.4) is 0 Å². The lowest BCUT2D eigenvalue weighted by Gasteiger charge is -2.22. The molecule has 0 spiro atoms. The Kier molecular flexibility index (Phi) is 4.41. The van der Waals surface area contributed by atoms with Crippen molar-refractivity contribution in [3.8, 4) is 0 Å². The summed E-state index contributed by atoms with van der Waals surface area (Å²) in [5, 5.41) is 14.0. The van der Waals surface area contributed by atoms with Crippen LogP contribution in [-0.4, -0.2) is 36.1 Å². The first-order valence-corrected chi connectivity index (χ1v) is 9.33. The lowest BCUT2D eigenvalue weighted by atomic mass is 10.1. The van der Waals surface area contributed by atoms with Gasteiger partial charge in [0.25, 0.3) is 21.6 Å². The zero-order valence-electron chi connectivity index (χ0n) is 14.2. The second kappa shape index (κ2) is 6.41. The number of nitro groups is 1. The summed E-state index contributed by atoms with van der Waals surface area (Å²) >= 11 is 0. The van der Waals surface area contributed by atoms with E-state index in [-0.39, 0.29) is 28.7 Å². The first-order valence-electron chi connectivity index (χ1n) is 7.89. The zero-order chi connectivity index (χ0) is 19.1. The Morgan fingerprint density at radius 2 is 1.85 bits per heavy atom. The van der Waals surface area contributed by atoms with Crippen LogP contribution in [-0.2, 0) is 10.0 Å². The smallest absolute Gasteiger partial charge is 0.270 e. The second-order valence-electron chi connectivity index (χ2n) is 6.19. The summed E-state index contributed by atoms with van der Waals surface area (Å²) < 4.78 is 26.7. The maximum atomic E-state index is 13.0. The van der Waals surface area contributed by atoms with Gasteiger partial charge >= 0.3 is 0 Å². The first kappa shape index (κ1) is 17.9. The number of hydrogen-bond acceptors (Lipinski definition) is 6. The molecule has 1 aliphatic heterocycles. The van der Waals surface area contributed by atoms with Crippen molar-refractivity contribution < 1.29 is 18.1 Å². The van der Waals surface area contributed by atoms with Gasteiger partial charge in [-0.05, 0) is 32.0 Å². The average molecular weight is 375 g/mol. The van der Waals surface area contributed by atoms with Gasteiger partial charge in [-0.2, -0.15) is 0 Å². The lowest BCUT2D eigenvalue weighted by Crippen LogP contribution is -2.40. The number of aryl methyl sites for hydroxylation is 1. The molecule has 136 valence electrons. The summed E-state index contributed by atoms with van der Waals surface area (Å²) in [5.74, 6) is -0.791. The molecule has 3 rings (SSSR count). The third kappa shape index (κ3) is 3.13. The normalized spacial score (nSPS) is 17.2. The van der Waals surface area contributed by atoms with Crippen molar-refractivity contribution in [3.63, 3.8) is 0 Å². The summed E-state index contributed by atoms with van der Waals surface area (Å²) in [6.45, 7) is 3.48. The lowest BCUT2D eigenvalue weighted by molar-refractivity contribution is -0.384.